The highest BCUT2D eigenvalue weighted by atomic mass is 35.5. The predicted molar refractivity (Wildman–Crippen MR) is 143 cm³/mol. The molecule has 0 aliphatic rings. The number of fused-ring (bicyclic) bond motifs is 1. The Hall–Kier alpha value is -4.83. The summed E-state index contributed by atoms with van der Waals surface area (Å²) in [5.41, 5.74) is 4.06. The zero-order valence-electron chi connectivity index (χ0n) is 20.2. The molecule has 11 heteroatoms. The van der Waals surface area contributed by atoms with Crippen LogP contribution < -0.4 is 10.3 Å². The molecule has 0 fully saturated rings. The molecule has 188 valence electrons. The van der Waals surface area contributed by atoms with Gasteiger partial charge in [0.2, 0.25) is 0 Å². The van der Waals surface area contributed by atoms with Crippen LogP contribution in [0.5, 0.6) is 5.75 Å². The number of H-pyrrole nitrogens is 1. The Balaban J connectivity index is 1.52. The van der Waals surface area contributed by atoms with Gasteiger partial charge in [0, 0.05) is 34.8 Å². The third kappa shape index (κ3) is 4.41. The second kappa shape index (κ2) is 9.91. The molecule has 0 aliphatic heterocycles. The fourth-order valence-electron chi connectivity index (χ4n) is 4.53. The monoisotopic (exact) mass is 524 g/mol. The number of methoxy groups -OCH3 is 1. The van der Waals surface area contributed by atoms with Crippen LogP contribution in [-0.4, -0.2) is 46.8 Å². The largest absolute Gasteiger partial charge is 0.495 e. The quantitative estimate of drug-likeness (QED) is 0.331. The second-order valence-electron chi connectivity index (χ2n) is 8.62. The Bertz CT molecular complexity index is 1750. The third-order valence-electron chi connectivity index (χ3n) is 6.31. The van der Waals surface area contributed by atoms with Gasteiger partial charge in [-0.05, 0) is 46.3 Å². The average molecular weight is 525 g/mol. The molecule has 4 heterocycles. The highest BCUT2D eigenvalue weighted by Gasteiger charge is 2.23. The zero-order chi connectivity index (χ0) is 26.1. The van der Waals surface area contributed by atoms with E-state index >= 15 is 0 Å². The predicted octanol–water partition coefficient (Wildman–Crippen LogP) is 4.26. The Morgan fingerprint density at radius 2 is 1.92 bits per heavy atom. The number of ether oxygens (including phenoxy) is 1. The van der Waals surface area contributed by atoms with Crippen molar-refractivity contribution in [2.75, 3.05) is 7.11 Å². The Kier molecular flexibility index (Phi) is 6.14. The van der Waals surface area contributed by atoms with Crippen molar-refractivity contribution in [2.24, 2.45) is 0 Å². The first-order valence-electron chi connectivity index (χ1n) is 11.8. The van der Waals surface area contributed by atoms with Crippen LogP contribution in [0.1, 0.15) is 17.4 Å². The summed E-state index contributed by atoms with van der Waals surface area (Å²) in [5.74, 6) is 1.10. The van der Waals surface area contributed by atoms with E-state index in [9.17, 15) is 4.79 Å². The topological polar surface area (TPSA) is 116 Å². The van der Waals surface area contributed by atoms with Gasteiger partial charge < -0.3 is 14.3 Å². The molecule has 2 aromatic carbocycles. The number of pyridine rings is 2. The van der Waals surface area contributed by atoms with Crippen LogP contribution in [0.4, 0.5) is 0 Å². The van der Waals surface area contributed by atoms with Crippen molar-refractivity contribution >= 4 is 22.8 Å². The van der Waals surface area contributed by atoms with E-state index in [1.165, 1.54) is 17.1 Å². The average Bonchev–Trinajstić information content (AvgIpc) is 3.63. The fourth-order valence-corrected chi connectivity index (χ4v) is 4.70. The molecule has 0 aliphatic carbocycles. The Morgan fingerprint density at radius 3 is 2.68 bits per heavy atom. The van der Waals surface area contributed by atoms with Crippen molar-refractivity contribution in [3.8, 4) is 22.6 Å². The summed E-state index contributed by atoms with van der Waals surface area (Å²) in [5, 5.41) is 12.0. The van der Waals surface area contributed by atoms with Crippen LogP contribution in [0, 0.1) is 0 Å². The third-order valence-corrected chi connectivity index (χ3v) is 6.54. The van der Waals surface area contributed by atoms with E-state index in [1.807, 2.05) is 42.5 Å². The summed E-state index contributed by atoms with van der Waals surface area (Å²) >= 11 is 6.35. The van der Waals surface area contributed by atoms with Gasteiger partial charge in [0.15, 0.2) is 5.65 Å². The molecule has 0 amide bonds. The number of halogens is 1. The number of nitrogens with zero attached hydrogens (tertiary/aromatic N) is 7. The van der Waals surface area contributed by atoms with E-state index in [1.54, 1.807) is 42.3 Å². The standard InChI is InChI=1S/C27H21ClN8O2/c1-38-24-15-35(25(37)14-20(24)19-13-18(28)9-10-22(19)36-16-30-33-34-36)23(12-17-6-3-2-4-7-17)27-31-21-8-5-11-29-26(21)32-27/h2-11,13-16,23H,12H2,1H3,(H,29,31,32). The molecule has 1 unspecified atom stereocenters. The van der Waals surface area contributed by atoms with E-state index in [-0.39, 0.29) is 5.56 Å². The van der Waals surface area contributed by atoms with Gasteiger partial charge in [0.05, 0.1) is 25.0 Å². The summed E-state index contributed by atoms with van der Waals surface area (Å²) in [7, 11) is 1.56. The number of aromatic amines is 1. The van der Waals surface area contributed by atoms with Gasteiger partial charge in [0.25, 0.3) is 5.56 Å². The summed E-state index contributed by atoms with van der Waals surface area (Å²) in [6.07, 6.45) is 5.41. The molecule has 38 heavy (non-hydrogen) atoms. The lowest BCUT2D eigenvalue weighted by atomic mass is 10.0. The summed E-state index contributed by atoms with van der Waals surface area (Å²) in [6.45, 7) is 0. The van der Waals surface area contributed by atoms with E-state index in [2.05, 4.69) is 25.5 Å². The van der Waals surface area contributed by atoms with Crippen LogP contribution in [0.2, 0.25) is 5.02 Å². The van der Waals surface area contributed by atoms with Gasteiger partial charge in [-0.2, -0.15) is 4.68 Å². The SMILES string of the molecule is COc1cn(C(Cc2ccccc2)c2nc3cccnc3[nH]2)c(=O)cc1-c1cc(Cl)ccc1-n1cnnn1. The molecule has 1 atom stereocenters. The number of benzene rings is 2. The first-order chi connectivity index (χ1) is 18.6. The molecule has 0 spiro atoms. The van der Waals surface area contributed by atoms with Gasteiger partial charge in [-0.25, -0.2) is 9.97 Å². The zero-order valence-corrected chi connectivity index (χ0v) is 20.9. The molecule has 6 aromatic rings. The van der Waals surface area contributed by atoms with Gasteiger partial charge in [-0.1, -0.05) is 41.9 Å². The maximum Gasteiger partial charge on any atom is 0.252 e. The van der Waals surface area contributed by atoms with E-state index in [4.69, 9.17) is 21.3 Å². The first-order valence-corrected chi connectivity index (χ1v) is 12.2. The number of rotatable bonds is 7. The highest BCUT2D eigenvalue weighted by molar-refractivity contribution is 6.31. The van der Waals surface area contributed by atoms with Crippen molar-refractivity contribution in [2.45, 2.75) is 12.5 Å². The normalized spacial score (nSPS) is 12.1. The van der Waals surface area contributed by atoms with Crippen LogP contribution in [-0.2, 0) is 6.42 Å². The molecule has 4 aromatic heterocycles. The molecule has 0 saturated heterocycles. The molecular formula is C27H21ClN8O2. The summed E-state index contributed by atoms with van der Waals surface area (Å²) in [4.78, 5) is 26.2. The first kappa shape index (κ1) is 23.6. The molecule has 0 radical (unpaired) electrons. The number of hydrogen-bond donors (Lipinski definition) is 1. The number of hydrogen-bond acceptors (Lipinski definition) is 7. The van der Waals surface area contributed by atoms with Crippen LogP contribution in [0.15, 0.2) is 90.2 Å². The summed E-state index contributed by atoms with van der Waals surface area (Å²) in [6, 6.07) is 20.0. The molecule has 1 N–H and O–H groups in total. The smallest absolute Gasteiger partial charge is 0.252 e. The molecular weight excluding hydrogens is 504 g/mol. The minimum absolute atomic E-state index is 0.238. The van der Waals surface area contributed by atoms with Crippen molar-refractivity contribution < 1.29 is 4.74 Å². The van der Waals surface area contributed by atoms with Crippen molar-refractivity contribution in [3.05, 3.63) is 112 Å². The Morgan fingerprint density at radius 1 is 1.05 bits per heavy atom. The minimum Gasteiger partial charge on any atom is -0.495 e. The van der Waals surface area contributed by atoms with E-state index in [0.717, 1.165) is 11.1 Å². The van der Waals surface area contributed by atoms with Crippen molar-refractivity contribution in [1.82, 2.24) is 39.7 Å². The van der Waals surface area contributed by atoms with Gasteiger partial charge >= 0.3 is 0 Å². The number of tetrazole rings is 1. The number of aromatic nitrogens is 8. The molecule has 10 nitrogen and oxygen atoms in total. The van der Waals surface area contributed by atoms with Gasteiger partial charge in [0.1, 0.15) is 23.4 Å². The maximum atomic E-state index is 13.8. The van der Waals surface area contributed by atoms with E-state index < -0.39 is 6.04 Å². The van der Waals surface area contributed by atoms with E-state index in [0.29, 0.717) is 45.5 Å². The van der Waals surface area contributed by atoms with Crippen LogP contribution in [0.3, 0.4) is 0 Å². The highest BCUT2D eigenvalue weighted by Crippen LogP contribution is 2.35. The second-order valence-corrected chi connectivity index (χ2v) is 9.05. The van der Waals surface area contributed by atoms with Crippen LogP contribution >= 0.6 is 11.6 Å². The fraction of sp³-hybridized carbons (Fsp3) is 0.111. The van der Waals surface area contributed by atoms with Crippen LogP contribution in [0.25, 0.3) is 28.0 Å². The van der Waals surface area contributed by atoms with Gasteiger partial charge in [-0.15, -0.1) is 5.10 Å². The maximum absolute atomic E-state index is 13.8. The lowest BCUT2D eigenvalue weighted by Crippen LogP contribution is -2.27. The minimum atomic E-state index is -0.444. The number of imidazole rings is 1. The molecule has 0 bridgehead atoms. The van der Waals surface area contributed by atoms with Gasteiger partial charge in [-0.3, -0.25) is 4.79 Å². The lowest BCUT2D eigenvalue weighted by Gasteiger charge is -2.21. The summed E-state index contributed by atoms with van der Waals surface area (Å²) < 4.78 is 8.94. The molecule has 6 rings (SSSR count). The number of nitrogens with one attached hydrogen (secondary N) is 1. The Labute approximate surface area is 221 Å². The van der Waals surface area contributed by atoms with Crippen molar-refractivity contribution in [3.63, 3.8) is 0 Å². The molecule has 0 saturated carbocycles. The van der Waals surface area contributed by atoms with Crippen molar-refractivity contribution in [1.29, 1.82) is 0 Å². The lowest BCUT2D eigenvalue weighted by molar-refractivity contribution is 0.405.